The topological polar surface area (TPSA) is 9.72 Å². The molecule has 24 heavy (non-hydrogen) atoms. The molecule has 0 amide bonds. The van der Waals surface area contributed by atoms with Crippen molar-refractivity contribution in [2.45, 2.75) is 78.6 Å². The Balaban J connectivity index is 0.000000180. The van der Waals surface area contributed by atoms with Crippen molar-refractivity contribution >= 4 is 0 Å². The number of rotatable bonds is 3. The van der Waals surface area contributed by atoms with E-state index < -0.39 is 0 Å². The van der Waals surface area contributed by atoms with Crippen LogP contribution in [0.4, 0.5) is 0 Å². The number of likely N-dealkylation sites (tertiary alicyclic amines) is 3. The Morgan fingerprint density at radius 1 is 0.375 bits per heavy atom. The van der Waals surface area contributed by atoms with E-state index in [1.54, 1.807) is 0 Å². The van der Waals surface area contributed by atoms with Gasteiger partial charge in [-0.15, -0.1) is 0 Å². The molecule has 0 aromatic heterocycles. The normalized spacial score (nSPS) is 23.6. The van der Waals surface area contributed by atoms with Crippen LogP contribution in [0, 0.1) is 0 Å². The Bertz CT molecular complexity index is 209. The molecule has 0 radical (unpaired) electrons. The average molecular weight is 340 g/mol. The summed E-state index contributed by atoms with van der Waals surface area (Å²) < 4.78 is 0. The van der Waals surface area contributed by atoms with Gasteiger partial charge in [-0.3, -0.25) is 0 Å². The molecule has 0 bridgehead atoms. The fraction of sp³-hybridized carbons (Fsp3) is 1.00. The van der Waals surface area contributed by atoms with E-state index in [-0.39, 0.29) is 0 Å². The van der Waals surface area contributed by atoms with E-state index in [0.717, 1.165) is 0 Å². The standard InChI is InChI=1S/3C7H15N/c3*1-2-8-6-4-3-5-7-8/h3*2-7H2,1H3. The van der Waals surface area contributed by atoms with Crippen molar-refractivity contribution in [2.75, 3.05) is 58.9 Å². The van der Waals surface area contributed by atoms with Gasteiger partial charge in [-0.05, 0) is 97.4 Å². The van der Waals surface area contributed by atoms with Crippen molar-refractivity contribution in [1.29, 1.82) is 0 Å². The predicted molar refractivity (Wildman–Crippen MR) is 108 cm³/mol. The molecule has 3 aliphatic rings. The third-order valence-corrected chi connectivity index (χ3v) is 5.69. The van der Waals surface area contributed by atoms with Gasteiger partial charge in [0.1, 0.15) is 0 Å². The van der Waals surface area contributed by atoms with Crippen LogP contribution >= 0.6 is 0 Å². The van der Waals surface area contributed by atoms with E-state index in [9.17, 15) is 0 Å². The Morgan fingerprint density at radius 3 is 0.708 bits per heavy atom. The lowest BCUT2D eigenvalue weighted by molar-refractivity contribution is 0.240. The Labute approximate surface area is 152 Å². The number of hydrogen-bond acceptors (Lipinski definition) is 3. The molecule has 3 heteroatoms. The second-order valence-electron chi connectivity index (χ2n) is 7.48. The fourth-order valence-corrected chi connectivity index (χ4v) is 3.83. The maximum absolute atomic E-state index is 2.52. The third kappa shape index (κ3) is 10.7. The lowest BCUT2D eigenvalue weighted by atomic mass is 10.1. The molecule has 0 aromatic rings. The SMILES string of the molecule is CCN1CCCCC1.CCN1CCCCC1.CCN1CCCCC1. The quantitative estimate of drug-likeness (QED) is 0.751. The summed E-state index contributed by atoms with van der Waals surface area (Å²) in [5.41, 5.74) is 0. The summed E-state index contributed by atoms with van der Waals surface area (Å²) in [7, 11) is 0. The van der Waals surface area contributed by atoms with Crippen molar-refractivity contribution in [3.63, 3.8) is 0 Å². The minimum Gasteiger partial charge on any atom is -0.304 e. The highest BCUT2D eigenvalue weighted by atomic mass is 15.1. The maximum Gasteiger partial charge on any atom is -0.00188 e. The molecule has 3 aliphatic heterocycles. The molecule has 144 valence electrons. The highest BCUT2D eigenvalue weighted by molar-refractivity contribution is 4.62. The first-order valence-corrected chi connectivity index (χ1v) is 11.0. The lowest BCUT2D eigenvalue weighted by Gasteiger charge is -2.24. The van der Waals surface area contributed by atoms with E-state index in [4.69, 9.17) is 0 Å². The van der Waals surface area contributed by atoms with Crippen LogP contribution in [0.3, 0.4) is 0 Å². The van der Waals surface area contributed by atoms with Crippen molar-refractivity contribution < 1.29 is 0 Å². The molecule has 0 aliphatic carbocycles. The van der Waals surface area contributed by atoms with E-state index in [2.05, 4.69) is 35.5 Å². The average Bonchev–Trinajstić information content (AvgIpc) is 2.71. The van der Waals surface area contributed by atoms with E-state index in [1.165, 1.54) is 117 Å². The maximum atomic E-state index is 2.52. The van der Waals surface area contributed by atoms with Crippen molar-refractivity contribution in [1.82, 2.24) is 14.7 Å². The highest BCUT2D eigenvalue weighted by Gasteiger charge is 2.07. The van der Waals surface area contributed by atoms with E-state index in [1.807, 2.05) is 0 Å². The van der Waals surface area contributed by atoms with Crippen LogP contribution in [0.1, 0.15) is 78.6 Å². The minimum absolute atomic E-state index is 1.25. The van der Waals surface area contributed by atoms with Crippen LogP contribution in [-0.4, -0.2) is 73.6 Å². The van der Waals surface area contributed by atoms with Gasteiger partial charge in [0.2, 0.25) is 0 Å². The molecule has 0 N–H and O–H groups in total. The van der Waals surface area contributed by atoms with E-state index in [0.29, 0.717) is 0 Å². The van der Waals surface area contributed by atoms with Crippen LogP contribution in [0.25, 0.3) is 0 Å². The smallest absolute Gasteiger partial charge is 0.00188 e. The molecule has 3 fully saturated rings. The highest BCUT2D eigenvalue weighted by Crippen LogP contribution is 2.08. The zero-order valence-electron chi connectivity index (χ0n) is 17.1. The second kappa shape index (κ2) is 15.2. The predicted octanol–water partition coefficient (Wildman–Crippen LogP) is 4.48. The van der Waals surface area contributed by atoms with Crippen molar-refractivity contribution in [2.24, 2.45) is 0 Å². The first-order valence-electron chi connectivity index (χ1n) is 11.0. The summed E-state index contributed by atoms with van der Waals surface area (Å²) >= 11 is 0. The number of nitrogens with zero attached hydrogens (tertiary/aromatic N) is 3. The largest absolute Gasteiger partial charge is 0.304 e. The molecule has 3 saturated heterocycles. The zero-order chi connectivity index (χ0) is 17.5. The zero-order valence-corrected chi connectivity index (χ0v) is 17.1. The van der Waals surface area contributed by atoms with Gasteiger partial charge in [0.15, 0.2) is 0 Å². The fourth-order valence-electron chi connectivity index (χ4n) is 3.83. The Hall–Kier alpha value is -0.120. The summed E-state index contributed by atoms with van der Waals surface area (Å²) in [6.45, 7) is 18.5. The van der Waals surface area contributed by atoms with Gasteiger partial charge >= 0.3 is 0 Å². The lowest BCUT2D eigenvalue weighted by Crippen LogP contribution is -2.29. The molecule has 0 aromatic carbocycles. The molecule has 3 heterocycles. The molecular formula is C21H45N3. The van der Waals surface area contributed by atoms with Crippen LogP contribution in [0.5, 0.6) is 0 Å². The molecular weight excluding hydrogens is 294 g/mol. The van der Waals surface area contributed by atoms with Crippen LogP contribution < -0.4 is 0 Å². The van der Waals surface area contributed by atoms with Crippen LogP contribution in [0.15, 0.2) is 0 Å². The Morgan fingerprint density at radius 2 is 0.583 bits per heavy atom. The summed E-state index contributed by atoms with van der Waals surface area (Å²) in [5.74, 6) is 0. The summed E-state index contributed by atoms with van der Waals surface area (Å²) in [6, 6.07) is 0. The molecule has 0 spiro atoms. The summed E-state index contributed by atoms with van der Waals surface area (Å²) in [5, 5.41) is 0. The first kappa shape index (κ1) is 21.9. The molecule has 0 atom stereocenters. The number of hydrogen-bond donors (Lipinski definition) is 0. The van der Waals surface area contributed by atoms with Crippen LogP contribution in [0.2, 0.25) is 0 Å². The van der Waals surface area contributed by atoms with Gasteiger partial charge < -0.3 is 14.7 Å². The van der Waals surface area contributed by atoms with Gasteiger partial charge in [0.25, 0.3) is 0 Å². The molecule has 0 saturated carbocycles. The minimum atomic E-state index is 1.25. The molecule has 3 rings (SSSR count). The first-order chi connectivity index (χ1) is 11.8. The third-order valence-electron chi connectivity index (χ3n) is 5.69. The molecule has 3 nitrogen and oxygen atoms in total. The Kier molecular flexibility index (Phi) is 13.8. The summed E-state index contributed by atoms with van der Waals surface area (Å²) in [4.78, 5) is 7.55. The van der Waals surface area contributed by atoms with Crippen molar-refractivity contribution in [3.05, 3.63) is 0 Å². The van der Waals surface area contributed by atoms with Gasteiger partial charge in [0.05, 0.1) is 0 Å². The van der Waals surface area contributed by atoms with Crippen molar-refractivity contribution in [3.8, 4) is 0 Å². The van der Waals surface area contributed by atoms with Crippen LogP contribution in [-0.2, 0) is 0 Å². The van der Waals surface area contributed by atoms with Gasteiger partial charge in [-0.1, -0.05) is 40.0 Å². The summed E-state index contributed by atoms with van der Waals surface area (Å²) in [6.07, 6.45) is 12.9. The van der Waals surface area contributed by atoms with Gasteiger partial charge in [0, 0.05) is 0 Å². The monoisotopic (exact) mass is 339 g/mol. The van der Waals surface area contributed by atoms with E-state index >= 15 is 0 Å². The second-order valence-corrected chi connectivity index (χ2v) is 7.48. The van der Waals surface area contributed by atoms with Gasteiger partial charge in [-0.2, -0.15) is 0 Å². The molecule has 0 unspecified atom stereocenters. The van der Waals surface area contributed by atoms with Gasteiger partial charge in [-0.25, -0.2) is 0 Å². The number of piperidine rings is 3.